The van der Waals surface area contributed by atoms with Gasteiger partial charge in [-0.05, 0) is 42.5 Å². The minimum Gasteiger partial charge on any atom is -0.336 e. The minimum absolute atomic E-state index is 0.0877. The van der Waals surface area contributed by atoms with Crippen molar-refractivity contribution in [1.29, 1.82) is 0 Å². The van der Waals surface area contributed by atoms with Crippen molar-refractivity contribution in [2.75, 3.05) is 26.2 Å². The number of fused-ring (bicyclic) bond motifs is 2. The topological polar surface area (TPSA) is 36.4 Å². The maximum atomic E-state index is 13.1. The maximum absolute atomic E-state index is 13.1. The zero-order chi connectivity index (χ0) is 19.8. The van der Waals surface area contributed by atoms with E-state index in [0.717, 1.165) is 73.6 Å². The molecule has 1 aliphatic heterocycles. The number of aromatic nitrogens is 1. The Kier molecular flexibility index (Phi) is 4.98. The molecule has 0 radical (unpaired) electrons. The van der Waals surface area contributed by atoms with E-state index in [0.29, 0.717) is 5.56 Å². The molecule has 0 saturated carbocycles. The largest absolute Gasteiger partial charge is 0.336 e. The van der Waals surface area contributed by atoms with Crippen molar-refractivity contribution in [1.82, 2.24) is 14.8 Å². The summed E-state index contributed by atoms with van der Waals surface area (Å²) in [5.74, 6) is 0.0877. The molecule has 1 aliphatic carbocycles. The number of halogens is 1. The normalized spacial score (nSPS) is 16.9. The predicted octanol–water partition coefficient (Wildman–Crippen LogP) is 4.33. The number of nitrogens with zero attached hydrogens (tertiary/aromatic N) is 3. The van der Waals surface area contributed by atoms with E-state index in [4.69, 9.17) is 16.6 Å². The van der Waals surface area contributed by atoms with Crippen LogP contribution in [-0.2, 0) is 19.4 Å². The average molecular weight is 406 g/mol. The third-order valence-corrected chi connectivity index (χ3v) is 6.53. The van der Waals surface area contributed by atoms with E-state index in [9.17, 15) is 4.79 Å². The lowest BCUT2D eigenvalue weighted by molar-refractivity contribution is 0.0628. The summed E-state index contributed by atoms with van der Waals surface area (Å²) >= 11 is 6.61. The van der Waals surface area contributed by atoms with Gasteiger partial charge in [-0.15, -0.1) is 0 Å². The van der Waals surface area contributed by atoms with Gasteiger partial charge in [0.2, 0.25) is 0 Å². The van der Waals surface area contributed by atoms with E-state index in [1.54, 1.807) is 0 Å². The second kappa shape index (κ2) is 7.77. The fourth-order valence-corrected chi connectivity index (χ4v) is 4.83. The van der Waals surface area contributed by atoms with E-state index in [1.165, 1.54) is 11.1 Å². The molecule has 0 atom stereocenters. The Bertz CT molecular complexity index is 1060. The molecule has 3 aromatic rings. The van der Waals surface area contributed by atoms with Gasteiger partial charge >= 0.3 is 0 Å². The molecular formula is C24H24ClN3O. The number of carbonyl (C=O) groups is 1. The number of benzene rings is 2. The van der Waals surface area contributed by atoms with Crippen LogP contribution in [0, 0.1) is 0 Å². The molecule has 29 heavy (non-hydrogen) atoms. The molecule has 2 heterocycles. The second-order valence-corrected chi connectivity index (χ2v) is 8.37. The van der Waals surface area contributed by atoms with Crippen LogP contribution in [0.4, 0.5) is 0 Å². The van der Waals surface area contributed by atoms with Gasteiger partial charge in [0, 0.05) is 49.4 Å². The summed E-state index contributed by atoms with van der Waals surface area (Å²) in [6, 6.07) is 16.3. The lowest BCUT2D eigenvalue weighted by Gasteiger charge is -2.34. The van der Waals surface area contributed by atoms with E-state index < -0.39 is 0 Å². The first-order chi connectivity index (χ1) is 14.2. The Morgan fingerprint density at radius 3 is 2.59 bits per heavy atom. The van der Waals surface area contributed by atoms with Crippen LogP contribution in [0.1, 0.15) is 33.6 Å². The molecule has 1 amide bonds. The monoisotopic (exact) mass is 405 g/mol. The number of pyridine rings is 1. The van der Waals surface area contributed by atoms with Crippen LogP contribution in [0.25, 0.3) is 10.9 Å². The fourth-order valence-electron chi connectivity index (χ4n) is 4.47. The molecule has 5 heteroatoms. The van der Waals surface area contributed by atoms with Crippen molar-refractivity contribution in [3.63, 3.8) is 0 Å². The summed E-state index contributed by atoms with van der Waals surface area (Å²) in [5.41, 5.74) is 5.14. The summed E-state index contributed by atoms with van der Waals surface area (Å²) < 4.78 is 0. The van der Waals surface area contributed by atoms with Crippen molar-refractivity contribution in [3.8, 4) is 0 Å². The van der Waals surface area contributed by atoms with Gasteiger partial charge in [-0.3, -0.25) is 14.7 Å². The molecule has 0 spiro atoms. The highest BCUT2D eigenvalue weighted by atomic mass is 35.5. The smallest absolute Gasteiger partial charge is 0.254 e. The zero-order valence-corrected chi connectivity index (χ0v) is 17.2. The van der Waals surface area contributed by atoms with E-state index in [1.807, 2.05) is 29.2 Å². The minimum atomic E-state index is 0.0877. The van der Waals surface area contributed by atoms with Crippen LogP contribution in [0.5, 0.6) is 0 Å². The number of hydrogen-bond acceptors (Lipinski definition) is 3. The molecule has 0 N–H and O–H groups in total. The molecule has 5 rings (SSSR count). The number of aryl methyl sites for hydroxylation is 1. The predicted molar refractivity (Wildman–Crippen MR) is 116 cm³/mol. The number of piperazine rings is 1. The van der Waals surface area contributed by atoms with Crippen molar-refractivity contribution < 1.29 is 4.79 Å². The van der Waals surface area contributed by atoms with E-state index in [2.05, 4.69) is 29.2 Å². The lowest BCUT2D eigenvalue weighted by atomic mass is 10.1. The van der Waals surface area contributed by atoms with Gasteiger partial charge in [-0.25, -0.2) is 0 Å². The van der Waals surface area contributed by atoms with E-state index in [-0.39, 0.29) is 5.91 Å². The van der Waals surface area contributed by atoms with Crippen molar-refractivity contribution >= 4 is 28.4 Å². The Morgan fingerprint density at radius 2 is 1.79 bits per heavy atom. The number of hydrogen-bond donors (Lipinski definition) is 0. The van der Waals surface area contributed by atoms with Gasteiger partial charge in [0.25, 0.3) is 5.91 Å². The Hall–Kier alpha value is -2.43. The van der Waals surface area contributed by atoms with Gasteiger partial charge in [0.1, 0.15) is 0 Å². The van der Waals surface area contributed by atoms with E-state index >= 15 is 0 Å². The molecule has 148 valence electrons. The molecular weight excluding hydrogens is 382 g/mol. The van der Waals surface area contributed by atoms with Gasteiger partial charge in [-0.2, -0.15) is 0 Å². The fraction of sp³-hybridized carbons (Fsp3) is 0.333. The third-order valence-electron chi connectivity index (χ3n) is 6.10. The Morgan fingerprint density at radius 1 is 1.00 bits per heavy atom. The number of carbonyl (C=O) groups excluding carboxylic acids is 1. The van der Waals surface area contributed by atoms with Crippen molar-refractivity contribution in [2.24, 2.45) is 0 Å². The van der Waals surface area contributed by atoms with Crippen LogP contribution in [0.3, 0.4) is 0 Å². The highest BCUT2D eigenvalue weighted by Crippen LogP contribution is 2.34. The van der Waals surface area contributed by atoms with Gasteiger partial charge < -0.3 is 4.90 Å². The van der Waals surface area contributed by atoms with Crippen LogP contribution in [-0.4, -0.2) is 46.9 Å². The number of rotatable bonds is 3. The molecule has 4 nitrogen and oxygen atoms in total. The van der Waals surface area contributed by atoms with Crippen LogP contribution >= 0.6 is 11.6 Å². The van der Waals surface area contributed by atoms with Crippen LogP contribution < -0.4 is 0 Å². The first-order valence-electron chi connectivity index (χ1n) is 10.4. The maximum Gasteiger partial charge on any atom is 0.254 e. The Labute approximate surface area is 176 Å². The first-order valence-corrected chi connectivity index (χ1v) is 10.7. The van der Waals surface area contributed by atoms with Crippen LogP contribution in [0.15, 0.2) is 48.5 Å². The first kappa shape index (κ1) is 18.6. The lowest BCUT2D eigenvalue weighted by Crippen LogP contribution is -2.48. The molecule has 1 fully saturated rings. The van der Waals surface area contributed by atoms with Crippen molar-refractivity contribution in [3.05, 3.63) is 75.9 Å². The number of amides is 1. The van der Waals surface area contributed by atoms with Crippen LogP contribution in [0.2, 0.25) is 5.02 Å². The highest BCUT2D eigenvalue weighted by molar-refractivity contribution is 6.36. The Balaban J connectivity index is 1.30. The summed E-state index contributed by atoms with van der Waals surface area (Å²) in [7, 11) is 0. The molecule has 2 aromatic carbocycles. The molecule has 1 saturated heterocycles. The molecule has 0 bridgehead atoms. The summed E-state index contributed by atoms with van der Waals surface area (Å²) in [6.07, 6.45) is 3.09. The second-order valence-electron chi connectivity index (χ2n) is 7.99. The zero-order valence-electron chi connectivity index (χ0n) is 16.4. The summed E-state index contributed by atoms with van der Waals surface area (Å²) in [5, 5.41) is 1.77. The third kappa shape index (κ3) is 3.63. The summed E-state index contributed by atoms with van der Waals surface area (Å²) in [6.45, 7) is 4.23. The SMILES string of the molecule is O=C(c1ccc2c(Cl)c3c(nc2c1)CCC3)N1CCN(Cc2ccccc2)CC1. The van der Waals surface area contributed by atoms with Gasteiger partial charge in [0.15, 0.2) is 0 Å². The average Bonchev–Trinajstić information content (AvgIpc) is 3.23. The molecule has 0 unspecified atom stereocenters. The highest BCUT2D eigenvalue weighted by Gasteiger charge is 2.24. The van der Waals surface area contributed by atoms with Crippen molar-refractivity contribution in [2.45, 2.75) is 25.8 Å². The quantitative estimate of drug-likeness (QED) is 0.650. The molecule has 1 aromatic heterocycles. The standard InChI is InChI=1S/C24H24ClN3O/c25-23-19-7-4-8-21(19)26-22-15-18(9-10-20(22)23)24(29)28-13-11-27(12-14-28)16-17-5-2-1-3-6-17/h1-3,5-6,9-10,15H,4,7-8,11-14,16H2. The van der Waals surface area contributed by atoms with Gasteiger partial charge in [0.05, 0.1) is 10.5 Å². The molecule has 2 aliphatic rings. The van der Waals surface area contributed by atoms with Gasteiger partial charge in [-0.1, -0.05) is 48.0 Å². The summed E-state index contributed by atoms with van der Waals surface area (Å²) in [4.78, 5) is 22.2.